The molecule has 356 valence electrons. The Morgan fingerprint density at radius 2 is 1.49 bits per heavy atom. The van der Waals surface area contributed by atoms with Gasteiger partial charge in [-0.05, 0) is 73.4 Å². The molecule has 5 rings (SSSR count). The van der Waals surface area contributed by atoms with Crippen LogP contribution >= 0.6 is 0 Å². The van der Waals surface area contributed by atoms with E-state index < -0.39 is 36.0 Å². The minimum absolute atomic E-state index is 0.0332. The number of primary amides is 1. The molecule has 19 nitrogen and oxygen atoms in total. The number of nitrogen functional groups attached to an aromatic ring is 1. The van der Waals surface area contributed by atoms with Crippen LogP contribution in [0, 0.1) is 23.2 Å². The normalized spacial score (nSPS) is 17.4. The topological polar surface area (TPSA) is 335 Å². The number of aliphatic carboxylic acids is 2. The number of hydrogen-bond donors (Lipinski definition) is 11. The van der Waals surface area contributed by atoms with E-state index in [1.165, 1.54) is 17.7 Å². The van der Waals surface area contributed by atoms with Gasteiger partial charge in [0.15, 0.2) is 0 Å². The maximum Gasteiger partial charge on any atom is 0.317 e. The Hall–Kier alpha value is -6.21. The first kappa shape index (κ1) is 53.1. The van der Waals surface area contributed by atoms with Gasteiger partial charge < -0.3 is 37.2 Å². The van der Waals surface area contributed by atoms with Crippen molar-refractivity contribution in [3.63, 3.8) is 0 Å². The largest absolute Gasteiger partial charge is 0.480 e. The second-order valence-electron chi connectivity index (χ2n) is 16.9. The van der Waals surface area contributed by atoms with Gasteiger partial charge in [0.1, 0.15) is 17.6 Å². The molecular formula is C46H70N11O8+. The minimum Gasteiger partial charge on any atom is -0.480 e. The standard InChI is InChI=1S/C23H32N6O4.C13H19N3O.C10H18N2O3/c24-21(25)17-9-8-16(12-26-17)13-28-22(32)19-7-4-10-29(19)23(33)18(27-14-20(30)31)11-15-5-2-1-3-6-15;1-3-4-9(2)13(17)16-11-7-5-10(6-8-11)12(14)15;11-10(15)9(12-6-8(13)14)7-4-2-1-3-5-7/h4,7-9,12,15,18-19,27H,1-3,5-6,10-11,13-14H2,(H3,24,25)(H,28,32)(H,30,31);5-9H,3-4H2,1-2H3,(H3,14,15)(H,16,17);7,9,12H,1-6H2,(H2,11,15)(H,13,14)/p+1. The van der Waals surface area contributed by atoms with E-state index in [-0.39, 0.29) is 60.9 Å². The number of rotatable bonds is 20. The zero-order valence-electron chi connectivity index (χ0n) is 37.7. The van der Waals surface area contributed by atoms with Gasteiger partial charge in [-0.25, -0.2) is 0 Å². The van der Waals surface area contributed by atoms with Gasteiger partial charge >= 0.3 is 11.9 Å². The molecule has 2 heterocycles. The summed E-state index contributed by atoms with van der Waals surface area (Å²) in [5.74, 6) is -2.18. The summed E-state index contributed by atoms with van der Waals surface area (Å²) in [6.07, 6.45) is 18.3. The van der Waals surface area contributed by atoms with E-state index in [1.54, 1.807) is 54.7 Å². The highest BCUT2D eigenvalue weighted by molar-refractivity contribution is 5.95. The number of nitrogens with one attached hydrogen (secondary N) is 5. The van der Waals surface area contributed by atoms with Crippen molar-refractivity contribution in [1.82, 2.24) is 25.8 Å². The first-order valence-corrected chi connectivity index (χ1v) is 22.5. The Morgan fingerprint density at radius 1 is 0.877 bits per heavy atom. The van der Waals surface area contributed by atoms with Crippen molar-refractivity contribution in [1.29, 1.82) is 5.41 Å². The number of hydrogen-bond acceptors (Lipinski definition) is 10. The zero-order chi connectivity index (χ0) is 47.9. The molecule has 4 atom stereocenters. The molecule has 0 spiro atoms. The van der Waals surface area contributed by atoms with Gasteiger partial charge in [-0.15, -0.1) is 0 Å². The Bertz CT molecular complexity index is 1930. The molecule has 0 saturated heterocycles. The van der Waals surface area contributed by atoms with Gasteiger partial charge in [0.05, 0.1) is 30.7 Å². The Labute approximate surface area is 381 Å². The van der Waals surface area contributed by atoms with Gasteiger partial charge in [-0.3, -0.25) is 60.9 Å². The third-order valence-electron chi connectivity index (χ3n) is 11.7. The predicted octanol–water partition coefficient (Wildman–Crippen LogP) is 1.38. The maximum atomic E-state index is 13.3. The first-order valence-electron chi connectivity index (χ1n) is 22.5. The predicted molar refractivity (Wildman–Crippen MR) is 247 cm³/mol. The number of amidine groups is 2. The summed E-state index contributed by atoms with van der Waals surface area (Å²) in [5, 5.41) is 41.8. The van der Waals surface area contributed by atoms with Crippen molar-refractivity contribution < 1.29 is 44.4 Å². The Morgan fingerprint density at radius 3 is 2.03 bits per heavy atom. The number of nitrogens with two attached hydrogens (primary N) is 4. The molecule has 19 heteroatoms. The molecule has 4 amide bonds. The molecule has 1 aromatic heterocycles. The molecule has 2 aliphatic carbocycles. The lowest BCUT2D eigenvalue weighted by molar-refractivity contribution is -0.141. The number of benzene rings is 1. The monoisotopic (exact) mass is 905 g/mol. The Kier molecular flexibility index (Phi) is 22.8. The molecule has 1 aliphatic heterocycles. The number of anilines is 1. The van der Waals surface area contributed by atoms with Crippen molar-refractivity contribution in [2.45, 2.75) is 122 Å². The van der Waals surface area contributed by atoms with Gasteiger partial charge in [-0.2, -0.15) is 0 Å². The number of aromatic nitrogens is 1. The summed E-state index contributed by atoms with van der Waals surface area (Å²) in [4.78, 5) is 76.2. The van der Waals surface area contributed by atoms with Gasteiger partial charge in [0.25, 0.3) is 5.84 Å². The zero-order valence-corrected chi connectivity index (χ0v) is 37.7. The van der Waals surface area contributed by atoms with Gasteiger partial charge in [0.2, 0.25) is 23.6 Å². The van der Waals surface area contributed by atoms with E-state index in [9.17, 15) is 28.8 Å². The summed E-state index contributed by atoms with van der Waals surface area (Å²) in [6.45, 7) is 4.02. The maximum absolute atomic E-state index is 13.3. The molecular weight excluding hydrogens is 835 g/mol. The molecule has 2 saturated carbocycles. The average Bonchev–Trinajstić information content (AvgIpc) is 3.79. The number of carboxylic acids is 2. The van der Waals surface area contributed by atoms with Crippen molar-refractivity contribution in [2.75, 3.05) is 25.0 Å². The number of nitrogens with zero attached hydrogens (tertiary/aromatic N) is 2. The lowest BCUT2D eigenvalue weighted by Gasteiger charge is -2.31. The second kappa shape index (κ2) is 27.9. The lowest BCUT2D eigenvalue weighted by atomic mass is 9.83. The highest BCUT2D eigenvalue weighted by Gasteiger charge is 2.36. The van der Waals surface area contributed by atoms with Crippen molar-refractivity contribution in [3.8, 4) is 0 Å². The molecule has 2 fully saturated rings. The van der Waals surface area contributed by atoms with Crippen LogP contribution in [-0.2, 0) is 35.3 Å². The highest BCUT2D eigenvalue weighted by Crippen LogP contribution is 2.29. The van der Waals surface area contributed by atoms with Crippen LogP contribution in [0.2, 0.25) is 0 Å². The molecule has 0 bridgehead atoms. The molecule has 1 aromatic carbocycles. The van der Waals surface area contributed by atoms with Crippen LogP contribution in [0.4, 0.5) is 5.69 Å². The average molecular weight is 905 g/mol. The Balaban J connectivity index is 0.000000293. The summed E-state index contributed by atoms with van der Waals surface area (Å²) in [6, 6.07) is 8.64. The van der Waals surface area contributed by atoms with Gasteiger partial charge in [-0.1, -0.05) is 89.9 Å². The van der Waals surface area contributed by atoms with E-state index in [0.717, 1.165) is 81.0 Å². The molecule has 65 heavy (non-hydrogen) atoms. The van der Waals surface area contributed by atoms with Crippen molar-refractivity contribution >= 4 is 52.9 Å². The minimum atomic E-state index is -1.02. The number of carboxylic acid groups (broad SMARTS) is 2. The summed E-state index contributed by atoms with van der Waals surface area (Å²) in [7, 11) is 0. The lowest BCUT2D eigenvalue weighted by Crippen LogP contribution is -2.53. The molecule has 3 aliphatic rings. The summed E-state index contributed by atoms with van der Waals surface area (Å²) >= 11 is 0. The van der Waals surface area contributed by atoms with Crippen LogP contribution in [-0.4, -0.2) is 105 Å². The number of amides is 4. The molecule has 0 radical (unpaired) electrons. The summed E-state index contributed by atoms with van der Waals surface area (Å²) in [5.41, 5.74) is 18.8. The first-order chi connectivity index (χ1) is 31.0. The van der Waals surface area contributed by atoms with Crippen LogP contribution in [0.5, 0.6) is 0 Å². The van der Waals surface area contributed by atoms with Crippen molar-refractivity contribution in [3.05, 3.63) is 71.6 Å². The number of carbonyl (C=O) groups is 6. The van der Waals surface area contributed by atoms with E-state index in [2.05, 4.69) is 33.2 Å². The third kappa shape index (κ3) is 18.8. The number of pyridine rings is 1. The van der Waals surface area contributed by atoms with E-state index in [4.69, 9.17) is 38.2 Å². The van der Waals surface area contributed by atoms with Crippen molar-refractivity contribution in [2.24, 2.45) is 35.0 Å². The fourth-order valence-electron chi connectivity index (χ4n) is 8.14. The quantitative estimate of drug-likeness (QED) is 0.0509. The van der Waals surface area contributed by atoms with E-state index in [1.807, 2.05) is 6.92 Å². The summed E-state index contributed by atoms with van der Waals surface area (Å²) < 4.78 is 0. The van der Waals surface area contributed by atoms with E-state index in [0.29, 0.717) is 24.6 Å². The fourth-order valence-corrected chi connectivity index (χ4v) is 8.14. The third-order valence-corrected chi connectivity index (χ3v) is 11.7. The van der Waals surface area contributed by atoms with Crippen LogP contribution in [0.25, 0.3) is 0 Å². The fraction of sp³-hybridized carbons (Fsp3) is 0.543. The van der Waals surface area contributed by atoms with Crippen LogP contribution < -0.4 is 43.9 Å². The van der Waals surface area contributed by atoms with E-state index >= 15 is 0 Å². The highest BCUT2D eigenvalue weighted by atomic mass is 16.4. The molecule has 4 unspecified atom stereocenters. The van der Waals surface area contributed by atoms with Gasteiger partial charge in [0, 0.05) is 30.9 Å². The van der Waals surface area contributed by atoms with Crippen LogP contribution in [0.15, 0.2) is 54.7 Å². The van der Waals surface area contributed by atoms with Crippen LogP contribution in [0.1, 0.15) is 114 Å². The number of carbonyl (C=O) groups excluding carboxylic acids is 4. The SMILES string of the molecule is CCCC(C)C(=O)Nc1ccc(C(N)=[NH2+])cc1.N=C(N)c1ccc(CNC(=O)C2C=CCN2C(=O)C(CC2CCCCC2)NCC(=O)O)cn1.NC(=O)C(NCC(=O)O)C1CCCCC1. The van der Waals surface area contributed by atoms with Crippen LogP contribution in [0.3, 0.4) is 0 Å². The molecule has 2 aromatic rings. The smallest absolute Gasteiger partial charge is 0.317 e. The second-order valence-corrected chi connectivity index (χ2v) is 16.9. The molecule has 15 N–H and O–H groups in total.